The maximum Gasteiger partial charge on any atom is 0.152 e. The summed E-state index contributed by atoms with van der Waals surface area (Å²) in [5.41, 5.74) is 3.39. The zero-order valence-electron chi connectivity index (χ0n) is 14.9. The monoisotopic (exact) mass is 395 g/mol. The second-order valence-corrected chi connectivity index (χ2v) is 10.3. The quantitative estimate of drug-likeness (QED) is 0.813. The number of aromatic nitrogens is 1. The molecule has 1 saturated carbocycles. The fraction of sp³-hybridized carbons (Fsp3) is 0.579. The Hall–Kier alpha value is -1.24. The Balaban J connectivity index is 1.46. The van der Waals surface area contributed by atoms with Crippen LogP contribution in [0.2, 0.25) is 5.02 Å². The average Bonchev–Trinajstić information content (AvgIpc) is 3.23. The summed E-state index contributed by atoms with van der Waals surface area (Å²) in [7, 11) is -2.81. The zero-order chi connectivity index (χ0) is 18.1. The first kappa shape index (κ1) is 18.1. The molecule has 5 nitrogen and oxygen atoms in total. The summed E-state index contributed by atoms with van der Waals surface area (Å²) in [6, 6.07) is 6.72. The first-order valence-corrected chi connectivity index (χ1v) is 11.7. The van der Waals surface area contributed by atoms with Crippen LogP contribution in [-0.4, -0.2) is 55.5 Å². The van der Waals surface area contributed by atoms with Crippen molar-refractivity contribution in [2.75, 3.05) is 36.5 Å². The molecule has 7 heteroatoms. The number of rotatable bonds is 5. The molecule has 0 bridgehead atoms. The second kappa shape index (κ2) is 7.41. The molecule has 0 radical (unpaired) electrons. The number of aromatic amines is 1. The standard InChI is InChI=1S/C19H26ClN3O2S/c20-15-11-14-12-17(5-6-23-7-9-26(24,25)10-8-23)22-19(14)18(13-15)21-16-3-1-2-4-16/h11-13,16,21-22H,1-10H2. The number of fused-ring (bicyclic) bond motifs is 1. The minimum absolute atomic E-state index is 0.283. The van der Waals surface area contributed by atoms with Gasteiger partial charge >= 0.3 is 0 Å². The van der Waals surface area contributed by atoms with Crippen LogP contribution in [0.1, 0.15) is 31.4 Å². The molecule has 2 aromatic rings. The van der Waals surface area contributed by atoms with Crippen LogP contribution in [0, 0.1) is 0 Å². The number of nitrogens with one attached hydrogen (secondary N) is 2. The molecule has 1 saturated heterocycles. The molecule has 26 heavy (non-hydrogen) atoms. The van der Waals surface area contributed by atoms with E-state index in [0.717, 1.165) is 34.6 Å². The Morgan fingerprint density at radius 2 is 1.88 bits per heavy atom. The highest BCUT2D eigenvalue weighted by Crippen LogP contribution is 2.31. The molecule has 0 spiro atoms. The van der Waals surface area contributed by atoms with E-state index in [-0.39, 0.29) is 11.5 Å². The van der Waals surface area contributed by atoms with Crippen molar-refractivity contribution in [1.29, 1.82) is 0 Å². The summed E-state index contributed by atoms with van der Waals surface area (Å²) < 4.78 is 23.1. The lowest BCUT2D eigenvalue weighted by Crippen LogP contribution is -2.41. The molecule has 142 valence electrons. The Morgan fingerprint density at radius 3 is 2.62 bits per heavy atom. The molecule has 4 rings (SSSR count). The van der Waals surface area contributed by atoms with Crippen molar-refractivity contribution in [2.24, 2.45) is 0 Å². The van der Waals surface area contributed by atoms with Crippen LogP contribution < -0.4 is 5.32 Å². The van der Waals surface area contributed by atoms with Gasteiger partial charge in [0.05, 0.1) is 22.7 Å². The van der Waals surface area contributed by atoms with E-state index in [2.05, 4.69) is 21.3 Å². The van der Waals surface area contributed by atoms with Crippen molar-refractivity contribution in [3.05, 3.63) is 28.9 Å². The molecular weight excluding hydrogens is 370 g/mol. The van der Waals surface area contributed by atoms with Crippen LogP contribution >= 0.6 is 11.6 Å². The number of H-pyrrole nitrogens is 1. The van der Waals surface area contributed by atoms with Crippen molar-refractivity contribution < 1.29 is 8.42 Å². The van der Waals surface area contributed by atoms with Crippen LogP contribution in [0.5, 0.6) is 0 Å². The molecule has 2 fully saturated rings. The van der Waals surface area contributed by atoms with Crippen molar-refractivity contribution in [1.82, 2.24) is 9.88 Å². The van der Waals surface area contributed by atoms with E-state index in [0.29, 0.717) is 19.1 Å². The van der Waals surface area contributed by atoms with Gasteiger partial charge < -0.3 is 15.2 Å². The van der Waals surface area contributed by atoms with Gasteiger partial charge in [-0.3, -0.25) is 0 Å². The summed E-state index contributed by atoms with van der Waals surface area (Å²) in [4.78, 5) is 5.79. The van der Waals surface area contributed by atoms with E-state index in [1.54, 1.807) is 0 Å². The maximum absolute atomic E-state index is 11.5. The van der Waals surface area contributed by atoms with E-state index < -0.39 is 9.84 Å². The minimum atomic E-state index is -2.81. The van der Waals surface area contributed by atoms with Gasteiger partial charge in [0.25, 0.3) is 0 Å². The van der Waals surface area contributed by atoms with Crippen LogP contribution in [-0.2, 0) is 16.3 Å². The van der Waals surface area contributed by atoms with Gasteiger partial charge in [0.15, 0.2) is 9.84 Å². The van der Waals surface area contributed by atoms with E-state index in [4.69, 9.17) is 11.6 Å². The first-order valence-electron chi connectivity index (χ1n) is 9.49. The molecule has 1 aliphatic heterocycles. The van der Waals surface area contributed by atoms with Crippen LogP contribution in [0.25, 0.3) is 10.9 Å². The molecule has 2 N–H and O–H groups in total. The predicted molar refractivity (Wildman–Crippen MR) is 108 cm³/mol. The third-order valence-corrected chi connectivity index (χ3v) is 7.43. The Morgan fingerprint density at radius 1 is 1.15 bits per heavy atom. The van der Waals surface area contributed by atoms with Gasteiger partial charge in [0.1, 0.15) is 0 Å². The summed E-state index contributed by atoms with van der Waals surface area (Å²) in [6.45, 7) is 2.16. The van der Waals surface area contributed by atoms with Crippen LogP contribution in [0.15, 0.2) is 18.2 Å². The zero-order valence-corrected chi connectivity index (χ0v) is 16.5. The molecule has 0 unspecified atom stereocenters. The predicted octanol–water partition coefficient (Wildman–Crippen LogP) is 3.45. The van der Waals surface area contributed by atoms with Gasteiger partial charge in [-0.1, -0.05) is 24.4 Å². The van der Waals surface area contributed by atoms with Gasteiger partial charge in [-0.15, -0.1) is 0 Å². The van der Waals surface area contributed by atoms with Gasteiger partial charge in [-0.2, -0.15) is 0 Å². The van der Waals surface area contributed by atoms with E-state index in [1.165, 1.54) is 31.4 Å². The number of benzene rings is 1. The second-order valence-electron chi connectivity index (χ2n) is 7.58. The number of hydrogen-bond donors (Lipinski definition) is 2. The number of anilines is 1. The fourth-order valence-electron chi connectivity index (χ4n) is 4.06. The van der Waals surface area contributed by atoms with Gasteiger partial charge in [-0.25, -0.2) is 8.42 Å². The average molecular weight is 396 g/mol. The molecule has 0 atom stereocenters. The van der Waals surface area contributed by atoms with E-state index >= 15 is 0 Å². The highest BCUT2D eigenvalue weighted by atomic mass is 35.5. The number of halogens is 1. The van der Waals surface area contributed by atoms with Crippen LogP contribution in [0.4, 0.5) is 5.69 Å². The Labute approximate surface area is 160 Å². The highest BCUT2D eigenvalue weighted by molar-refractivity contribution is 7.91. The molecule has 1 aromatic carbocycles. The third-order valence-electron chi connectivity index (χ3n) is 5.60. The molecule has 2 aliphatic rings. The fourth-order valence-corrected chi connectivity index (χ4v) is 5.56. The molecule has 1 aliphatic carbocycles. The first-order chi connectivity index (χ1) is 12.5. The van der Waals surface area contributed by atoms with Gasteiger partial charge in [0.2, 0.25) is 0 Å². The third kappa shape index (κ3) is 4.18. The Kier molecular flexibility index (Phi) is 5.17. The summed E-state index contributed by atoms with van der Waals surface area (Å²) in [5, 5.41) is 5.55. The normalized spacial score (nSPS) is 21.4. The highest BCUT2D eigenvalue weighted by Gasteiger charge is 2.21. The maximum atomic E-state index is 11.5. The van der Waals surface area contributed by atoms with Crippen molar-refractivity contribution in [2.45, 2.75) is 38.1 Å². The van der Waals surface area contributed by atoms with Gasteiger partial charge in [-0.05, 0) is 31.0 Å². The lowest BCUT2D eigenvalue weighted by molar-refractivity contribution is 0.298. The summed E-state index contributed by atoms with van der Waals surface area (Å²) in [6.07, 6.45) is 5.92. The molecule has 0 amide bonds. The van der Waals surface area contributed by atoms with Crippen molar-refractivity contribution in [3.8, 4) is 0 Å². The van der Waals surface area contributed by atoms with Gasteiger partial charge in [0, 0.05) is 48.2 Å². The SMILES string of the molecule is O=S1(=O)CCN(CCc2cc3cc(Cl)cc(NC4CCCC4)c3[nH]2)CC1. The Bertz CT molecular complexity index is 874. The number of nitrogens with zero attached hydrogens (tertiary/aromatic N) is 1. The lowest BCUT2D eigenvalue weighted by Gasteiger charge is -2.26. The minimum Gasteiger partial charge on any atom is -0.381 e. The smallest absolute Gasteiger partial charge is 0.152 e. The van der Waals surface area contributed by atoms with Crippen LogP contribution in [0.3, 0.4) is 0 Å². The largest absolute Gasteiger partial charge is 0.381 e. The number of hydrogen-bond acceptors (Lipinski definition) is 4. The summed E-state index contributed by atoms with van der Waals surface area (Å²) >= 11 is 6.33. The van der Waals surface area contributed by atoms with Crippen molar-refractivity contribution >= 4 is 38.0 Å². The topological polar surface area (TPSA) is 65.2 Å². The molecule has 2 heterocycles. The van der Waals surface area contributed by atoms with E-state index in [9.17, 15) is 8.42 Å². The lowest BCUT2D eigenvalue weighted by atomic mass is 10.2. The number of sulfone groups is 1. The van der Waals surface area contributed by atoms with Crippen molar-refractivity contribution in [3.63, 3.8) is 0 Å². The molecular formula is C19H26ClN3O2S. The van der Waals surface area contributed by atoms with E-state index in [1.807, 2.05) is 12.1 Å². The molecule has 1 aromatic heterocycles. The summed E-state index contributed by atoms with van der Waals surface area (Å²) in [5.74, 6) is 0.565.